The standard InChI is InChI=1S/C64H42N4/c1-4-19-44(20-5-1)51-36-39-60(53-27-13-12-26-52(51)53)68-62-38-34-49(65(46-22-6-2-7-23-46)47-24-8-3-9-25-47)41-57(62)63-64(68)56-42-50(66-58-30-16-14-28-54(58)55-29-15-17-31-59(55)66)35-37-61(56)67(63)48-33-32-43-18-10-11-21-45(43)40-48/h1-42H. The second kappa shape index (κ2) is 15.2. The minimum absolute atomic E-state index is 1.08. The average molecular weight is 867 g/mol. The number of hydrogen-bond acceptors (Lipinski definition) is 1. The van der Waals surface area contributed by atoms with Crippen molar-refractivity contribution < 1.29 is 0 Å². The zero-order valence-electron chi connectivity index (χ0n) is 37.0. The van der Waals surface area contributed by atoms with Gasteiger partial charge in [0.15, 0.2) is 0 Å². The second-order valence-corrected chi connectivity index (χ2v) is 17.7. The monoisotopic (exact) mass is 866 g/mol. The van der Waals surface area contributed by atoms with Gasteiger partial charge in [0.2, 0.25) is 0 Å². The van der Waals surface area contributed by atoms with Gasteiger partial charge in [0, 0.05) is 55.4 Å². The number of hydrogen-bond donors (Lipinski definition) is 0. The molecule has 0 bridgehead atoms. The summed E-state index contributed by atoms with van der Waals surface area (Å²) in [6.45, 7) is 0. The summed E-state index contributed by atoms with van der Waals surface area (Å²) < 4.78 is 7.51. The Morgan fingerprint density at radius 2 is 0.765 bits per heavy atom. The van der Waals surface area contributed by atoms with Crippen LogP contribution in [0.3, 0.4) is 0 Å². The van der Waals surface area contributed by atoms with Gasteiger partial charge in [0.05, 0.1) is 38.8 Å². The molecule has 4 nitrogen and oxygen atoms in total. The Morgan fingerprint density at radius 1 is 0.265 bits per heavy atom. The average Bonchev–Trinajstić information content (AvgIpc) is 4.04. The Labute approximate surface area is 393 Å². The van der Waals surface area contributed by atoms with Crippen molar-refractivity contribution in [2.24, 2.45) is 0 Å². The predicted molar refractivity (Wildman–Crippen MR) is 287 cm³/mol. The van der Waals surface area contributed by atoms with E-state index in [9.17, 15) is 0 Å². The topological polar surface area (TPSA) is 18.0 Å². The van der Waals surface area contributed by atoms with Crippen molar-refractivity contribution in [2.75, 3.05) is 4.90 Å². The molecule has 3 aromatic heterocycles. The van der Waals surface area contributed by atoms with Crippen molar-refractivity contribution in [3.63, 3.8) is 0 Å². The van der Waals surface area contributed by atoms with Crippen molar-refractivity contribution in [1.82, 2.24) is 13.7 Å². The highest BCUT2D eigenvalue weighted by Crippen LogP contribution is 2.46. The molecular weight excluding hydrogens is 825 g/mol. The van der Waals surface area contributed by atoms with Crippen LogP contribution in [0, 0.1) is 0 Å². The van der Waals surface area contributed by atoms with E-state index in [0.717, 1.165) is 61.6 Å². The van der Waals surface area contributed by atoms with Crippen LogP contribution in [0.1, 0.15) is 0 Å². The van der Waals surface area contributed by atoms with Crippen LogP contribution in [0.25, 0.3) is 104 Å². The molecule has 11 aromatic carbocycles. The first kappa shape index (κ1) is 38.2. The van der Waals surface area contributed by atoms with Crippen molar-refractivity contribution in [3.8, 4) is 28.2 Å². The smallest absolute Gasteiger partial charge is 0.0804 e. The van der Waals surface area contributed by atoms with E-state index in [1.165, 1.54) is 59.9 Å². The van der Waals surface area contributed by atoms with Crippen LogP contribution in [-0.2, 0) is 0 Å². The third kappa shape index (κ3) is 5.81. The molecule has 0 fully saturated rings. The quantitative estimate of drug-likeness (QED) is 0.156. The lowest BCUT2D eigenvalue weighted by Gasteiger charge is -2.25. The molecule has 0 saturated heterocycles. The zero-order chi connectivity index (χ0) is 44.7. The Kier molecular flexibility index (Phi) is 8.55. The molecule has 0 spiro atoms. The van der Waals surface area contributed by atoms with E-state index >= 15 is 0 Å². The van der Waals surface area contributed by atoms with Gasteiger partial charge in [-0.1, -0.05) is 164 Å². The second-order valence-electron chi connectivity index (χ2n) is 17.7. The number of nitrogens with zero attached hydrogens (tertiary/aromatic N) is 4. The predicted octanol–water partition coefficient (Wildman–Crippen LogP) is 17.3. The fourth-order valence-corrected chi connectivity index (χ4v) is 11.0. The van der Waals surface area contributed by atoms with Crippen LogP contribution >= 0.6 is 0 Å². The van der Waals surface area contributed by atoms with Gasteiger partial charge in [-0.25, -0.2) is 0 Å². The van der Waals surface area contributed by atoms with Gasteiger partial charge in [0.1, 0.15) is 0 Å². The fourth-order valence-electron chi connectivity index (χ4n) is 11.0. The van der Waals surface area contributed by atoms with Crippen molar-refractivity contribution >= 4 is 93.3 Å². The number of fused-ring (bicyclic) bond motifs is 10. The van der Waals surface area contributed by atoms with Crippen LogP contribution in [0.5, 0.6) is 0 Å². The Hall–Kier alpha value is -9.12. The number of anilines is 3. The van der Waals surface area contributed by atoms with E-state index < -0.39 is 0 Å². The first-order chi connectivity index (χ1) is 33.8. The molecule has 14 aromatic rings. The third-order valence-corrected chi connectivity index (χ3v) is 14.0. The van der Waals surface area contributed by atoms with Crippen LogP contribution in [0.15, 0.2) is 255 Å². The number of rotatable bonds is 7. The summed E-state index contributed by atoms with van der Waals surface area (Å²) in [7, 11) is 0. The Bertz CT molecular complexity index is 4160. The van der Waals surface area contributed by atoms with E-state index in [4.69, 9.17) is 0 Å². The molecule has 0 radical (unpaired) electrons. The van der Waals surface area contributed by atoms with Gasteiger partial charge < -0.3 is 18.6 Å². The lowest BCUT2D eigenvalue weighted by Crippen LogP contribution is -2.09. The van der Waals surface area contributed by atoms with Gasteiger partial charge >= 0.3 is 0 Å². The minimum Gasteiger partial charge on any atom is -0.310 e. The Morgan fingerprint density at radius 3 is 1.47 bits per heavy atom. The number of para-hydroxylation sites is 4. The highest BCUT2D eigenvalue weighted by Gasteiger charge is 2.26. The maximum absolute atomic E-state index is 2.55. The van der Waals surface area contributed by atoms with Crippen LogP contribution in [0.2, 0.25) is 0 Å². The largest absolute Gasteiger partial charge is 0.310 e. The van der Waals surface area contributed by atoms with Gasteiger partial charge in [-0.05, 0) is 118 Å². The van der Waals surface area contributed by atoms with Gasteiger partial charge in [-0.3, -0.25) is 0 Å². The van der Waals surface area contributed by atoms with E-state index in [1.807, 2.05) is 0 Å². The molecule has 3 heterocycles. The normalized spacial score (nSPS) is 11.8. The number of aromatic nitrogens is 3. The molecule has 14 rings (SSSR count). The van der Waals surface area contributed by atoms with E-state index in [-0.39, 0.29) is 0 Å². The SMILES string of the molecule is c1ccc(-c2ccc(-n3c4ccc(N(c5ccccc5)c5ccccc5)cc4c4c3c3cc(-n5c6ccccc6c6ccccc65)ccc3n4-c3ccc4ccccc4c3)c3ccccc23)cc1. The summed E-state index contributed by atoms with van der Waals surface area (Å²) in [6, 6.07) is 93.1. The summed E-state index contributed by atoms with van der Waals surface area (Å²) >= 11 is 0. The zero-order valence-corrected chi connectivity index (χ0v) is 37.0. The van der Waals surface area contributed by atoms with Gasteiger partial charge in [0.25, 0.3) is 0 Å². The maximum atomic E-state index is 2.55. The van der Waals surface area contributed by atoms with E-state index in [1.54, 1.807) is 0 Å². The Balaban J connectivity index is 1.15. The summed E-state index contributed by atoms with van der Waals surface area (Å²) in [5.41, 5.74) is 16.0. The molecule has 0 aliphatic rings. The first-order valence-corrected chi connectivity index (χ1v) is 23.3. The first-order valence-electron chi connectivity index (χ1n) is 23.3. The molecule has 0 unspecified atom stereocenters. The molecule has 0 atom stereocenters. The molecule has 0 aliphatic heterocycles. The van der Waals surface area contributed by atoms with Gasteiger partial charge in [-0.2, -0.15) is 0 Å². The fraction of sp³-hybridized carbons (Fsp3) is 0. The third-order valence-electron chi connectivity index (χ3n) is 14.0. The highest BCUT2D eigenvalue weighted by atomic mass is 15.1. The summed E-state index contributed by atoms with van der Waals surface area (Å²) in [4.78, 5) is 2.37. The van der Waals surface area contributed by atoms with Crippen LogP contribution in [0.4, 0.5) is 17.1 Å². The highest BCUT2D eigenvalue weighted by molar-refractivity contribution is 6.22. The molecule has 0 saturated carbocycles. The minimum atomic E-state index is 1.08. The summed E-state index contributed by atoms with van der Waals surface area (Å²) in [5, 5.41) is 9.65. The van der Waals surface area contributed by atoms with Crippen molar-refractivity contribution in [3.05, 3.63) is 255 Å². The number of benzene rings is 11. The molecule has 0 aliphatic carbocycles. The molecule has 68 heavy (non-hydrogen) atoms. The molecule has 0 N–H and O–H groups in total. The molecule has 318 valence electrons. The molecule has 4 heteroatoms. The lowest BCUT2D eigenvalue weighted by atomic mass is 9.97. The van der Waals surface area contributed by atoms with E-state index in [2.05, 4.69) is 273 Å². The van der Waals surface area contributed by atoms with Crippen LogP contribution < -0.4 is 4.90 Å². The van der Waals surface area contributed by atoms with Gasteiger partial charge in [-0.15, -0.1) is 0 Å². The summed E-state index contributed by atoms with van der Waals surface area (Å²) in [6.07, 6.45) is 0. The van der Waals surface area contributed by atoms with Crippen molar-refractivity contribution in [2.45, 2.75) is 0 Å². The van der Waals surface area contributed by atoms with Crippen LogP contribution in [-0.4, -0.2) is 13.7 Å². The maximum Gasteiger partial charge on any atom is 0.0804 e. The summed E-state index contributed by atoms with van der Waals surface area (Å²) in [5.74, 6) is 0. The lowest BCUT2D eigenvalue weighted by molar-refractivity contribution is 1.17. The van der Waals surface area contributed by atoms with E-state index in [0.29, 0.717) is 0 Å². The molecular formula is C64H42N4. The molecule has 0 amide bonds. The van der Waals surface area contributed by atoms with Crippen molar-refractivity contribution in [1.29, 1.82) is 0 Å².